The Labute approximate surface area is 118 Å². The minimum atomic E-state index is 0.00546. The summed E-state index contributed by atoms with van der Waals surface area (Å²) in [6.07, 6.45) is 8.19. The van der Waals surface area contributed by atoms with Gasteiger partial charge in [-0.05, 0) is 51.1 Å². The minimum Gasteiger partial charge on any atom is -0.333 e. The molecule has 3 aliphatic rings. The Morgan fingerprint density at radius 2 is 2.16 bits per heavy atom. The molecule has 19 heavy (non-hydrogen) atoms. The van der Waals surface area contributed by atoms with Crippen LogP contribution in [-0.2, 0) is 0 Å². The van der Waals surface area contributed by atoms with Gasteiger partial charge in [0.15, 0.2) is 0 Å². The first kappa shape index (κ1) is 13.1. The predicted octanol–water partition coefficient (Wildman–Crippen LogP) is 2.25. The van der Waals surface area contributed by atoms with E-state index in [1.807, 2.05) is 24.7 Å². The van der Waals surface area contributed by atoms with Gasteiger partial charge < -0.3 is 5.32 Å². The topological polar surface area (TPSA) is 37.3 Å². The van der Waals surface area contributed by atoms with Crippen LogP contribution in [0.3, 0.4) is 0 Å². The summed E-state index contributed by atoms with van der Waals surface area (Å²) in [6.45, 7) is 4.62. The van der Waals surface area contributed by atoms with E-state index < -0.39 is 0 Å². The van der Waals surface area contributed by atoms with Gasteiger partial charge in [-0.25, -0.2) is 4.79 Å². The van der Waals surface area contributed by atoms with Crippen LogP contribution in [0.25, 0.3) is 0 Å². The van der Waals surface area contributed by atoms with Gasteiger partial charge >= 0.3 is 6.03 Å². The van der Waals surface area contributed by atoms with E-state index in [1.165, 1.54) is 25.9 Å². The van der Waals surface area contributed by atoms with Gasteiger partial charge in [0.25, 0.3) is 0 Å². The SMILES string of the molecule is CSc1ccn(C(=O)N[C@@H]2C3CCN(CC3)[C@H]2C)c1. The molecule has 0 saturated carbocycles. The fourth-order valence-electron chi connectivity index (χ4n) is 3.39. The third kappa shape index (κ3) is 2.41. The third-order valence-corrected chi connectivity index (χ3v) is 5.32. The summed E-state index contributed by atoms with van der Waals surface area (Å²) in [7, 11) is 0. The first-order valence-corrected chi connectivity index (χ1v) is 8.18. The van der Waals surface area contributed by atoms with Crippen molar-refractivity contribution in [3.8, 4) is 0 Å². The Balaban J connectivity index is 1.69. The first-order valence-electron chi connectivity index (χ1n) is 6.96. The van der Waals surface area contributed by atoms with E-state index in [1.54, 1.807) is 16.3 Å². The van der Waals surface area contributed by atoms with Crippen molar-refractivity contribution in [1.82, 2.24) is 14.8 Å². The number of nitrogens with one attached hydrogen (secondary N) is 1. The van der Waals surface area contributed by atoms with Crippen LogP contribution in [0.1, 0.15) is 19.8 Å². The summed E-state index contributed by atoms with van der Waals surface area (Å²) < 4.78 is 1.66. The van der Waals surface area contributed by atoms with Gasteiger partial charge in [-0.1, -0.05) is 0 Å². The number of hydrogen-bond donors (Lipinski definition) is 1. The summed E-state index contributed by atoms with van der Waals surface area (Å²) in [6, 6.07) is 2.75. The average Bonchev–Trinajstić information content (AvgIpc) is 2.92. The smallest absolute Gasteiger partial charge is 0.325 e. The van der Waals surface area contributed by atoms with Crippen LogP contribution in [0, 0.1) is 5.92 Å². The number of aromatic nitrogens is 1. The van der Waals surface area contributed by atoms with Crippen molar-refractivity contribution in [2.45, 2.75) is 36.7 Å². The molecule has 1 aromatic heterocycles. The van der Waals surface area contributed by atoms with Gasteiger partial charge in [0, 0.05) is 29.4 Å². The highest BCUT2D eigenvalue weighted by Crippen LogP contribution is 2.32. The zero-order chi connectivity index (χ0) is 13.4. The van der Waals surface area contributed by atoms with Crippen molar-refractivity contribution in [2.24, 2.45) is 5.92 Å². The van der Waals surface area contributed by atoms with E-state index in [-0.39, 0.29) is 6.03 Å². The lowest BCUT2D eigenvalue weighted by Crippen LogP contribution is -2.62. The molecule has 3 saturated heterocycles. The first-order chi connectivity index (χ1) is 9.19. The Morgan fingerprint density at radius 1 is 1.42 bits per heavy atom. The Bertz CT molecular complexity index is 463. The molecule has 3 aliphatic heterocycles. The number of amides is 1. The number of thioether (sulfide) groups is 1. The Morgan fingerprint density at radius 3 is 2.74 bits per heavy atom. The molecule has 0 aliphatic carbocycles. The molecule has 4 heterocycles. The fourth-order valence-corrected chi connectivity index (χ4v) is 3.80. The maximum Gasteiger partial charge on any atom is 0.325 e. The zero-order valence-corrected chi connectivity index (χ0v) is 12.3. The van der Waals surface area contributed by atoms with Crippen LogP contribution in [0.2, 0.25) is 0 Å². The molecule has 0 aromatic carbocycles. The van der Waals surface area contributed by atoms with Crippen molar-refractivity contribution in [3.63, 3.8) is 0 Å². The molecule has 1 N–H and O–H groups in total. The largest absolute Gasteiger partial charge is 0.333 e. The fraction of sp³-hybridized carbons (Fsp3) is 0.643. The van der Waals surface area contributed by atoms with Crippen LogP contribution >= 0.6 is 11.8 Å². The van der Waals surface area contributed by atoms with Crippen molar-refractivity contribution in [1.29, 1.82) is 0 Å². The molecule has 0 unspecified atom stereocenters. The van der Waals surface area contributed by atoms with Crippen molar-refractivity contribution >= 4 is 17.8 Å². The summed E-state index contributed by atoms with van der Waals surface area (Å²) in [4.78, 5) is 15.9. The highest BCUT2D eigenvalue weighted by Gasteiger charge is 2.40. The molecule has 5 heteroatoms. The summed E-state index contributed by atoms with van der Waals surface area (Å²) in [5.41, 5.74) is 0. The van der Waals surface area contributed by atoms with E-state index in [9.17, 15) is 4.79 Å². The molecule has 0 radical (unpaired) electrons. The van der Waals surface area contributed by atoms with Crippen LogP contribution in [0.5, 0.6) is 0 Å². The van der Waals surface area contributed by atoms with E-state index in [4.69, 9.17) is 0 Å². The minimum absolute atomic E-state index is 0.00546. The van der Waals surface area contributed by atoms with Crippen LogP contribution in [0.15, 0.2) is 23.4 Å². The van der Waals surface area contributed by atoms with E-state index in [0.717, 1.165) is 4.90 Å². The number of rotatable bonds is 2. The molecule has 3 fully saturated rings. The second kappa shape index (κ2) is 5.21. The number of hydrogen-bond acceptors (Lipinski definition) is 3. The number of nitrogens with zero attached hydrogens (tertiary/aromatic N) is 2. The Kier molecular flexibility index (Phi) is 3.58. The predicted molar refractivity (Wildman–Crippen MR) is 77.7 cm³/mol. The summed E-state index contributed by atoms with van der Waals surface area (Å²) >= 11 is 1.66. The quantitative estimate of drug-likeness (QED) is 0.844. The zero-order valence-electron chi connectivity index (χ0n) is 11.5. The van der Waals surface area contributed by atoms with Gasteiger partial charge in [-0.2, -0.15) is 0 Å². The molecule has 2 bridgehead atoms. The molecule has 104 valence electrons. The molecule has 1 amide bonds. The van der Waals surface area contributed by atoms with E-state index in [2.05, 4.69) is 17.1 Å². The van der Waals surface area contributed by atoms with Gasteiger partial charge in [-0.3, -0.25) is 9.47 Å². The highest BCUT2D eigenvalue weighted by atomic mass is 32.2. The third-order valence-electron chi connectivity index (χ3n) is 4.60. The van der Waals surface area contributed by atoms with Crippen LogP contribution in [-0.4, -0.2) is 46.9 Å². The van der Waals surface area contributed by atoms with Crippen molar-refractivity contribution < 1.29 is 4.79 Å². The van der Waals surface area contributed by atoms with Crippen molar-refractivity contribution in [3.05, 3.63) is 18.5 Å². The highest BCUT2D eigenvalue weighted by molar-refractivity contribution is 7.98. The van der Waals surface area contributed by atoms with Gasteiger partial charge in [0.05, 0.1) is 0 Å². The number of fused-ring (bicyclic) bond motifs is 3. The average molecular weight is 279 g/mol. The van der Waals surface area contributed by atoms with Gasteiger partial charge in [0.1, 0.15) is 0 Å². The standard InChI is InChI=1S/C14H21N3OS/c1-10-13(11-3-6-16(10)7-4-11)15-14(18)17-8-5-12(9-17)19-2/h5,8-11,13H,3-4,6-7H2,1-2H3,(H,15,18)/t10-,13-/m0/s1. The van der Waals surface area contributed by atoms with Crippen molar-refractivity contribution in [2.75, 3.05) is 19.3 Å². The van der Waals surface area contributed by atoms with Crippen LogP contribution < -0.4 is 5.32 Å². The molecule has 0 spiro atoms. The summed E-state index contributed by atoms with van der Waals surface area (Å²) in [5.74, 6) is 0.652. The maximum atomic E-state index is 12.3. The molecular formula is C14H21N3OS. The second-order valence-electron chi connectivity index (χ2n) is 5.55. The lowest BCUT2D eigenvalue weighted by molar-refractivity contribution is 0.0267. The summed E-state index contributed by atoms with van der Waals surface area (Å²) in [5, 5.41) is 3.23. The van der Waals surface area contributed by atoms with Gasteiger partial charge in [-0.15, -0.1) is 11.8 Å². The lowest BCUT2D eigenvalue weighted by Gasteiger charge is -2.49. The van der Waals surface area contributed by atoms with Gasteiger partial charge in [0.2, 0.25) is 0 Å². The number of carbonyl (C=O) groups is 1. The normalized spacial score (nSPS) is 33.4. The maximum absolute atomic E-state index is 12.3. The molecular weight excluding hydrogens is 258 g/mol. The molecule has 4 nitrogen and oxygen atoms in total. The molecule has 2 atom stereocenters. The molecule has 1 aromatic rings. The Hall–Kier alpha value is -0.940. The second-order valence-corrected chi connectivity index (χ2v) is 6.43. The monoisotopic (exact) mass is 279 g/mol. The lowest BCUT2D eigenvalue weighted by atomic mass is 9.79. The van der Waals surface area contributed by atoms with Crippen LogP contribution in [0.4, 0.5) is 4.79 Å². The number of carbonyl (C=O) groups excluding carboxylic acids is 1. The van der Waals surface area contributed by atoms with E-state index >= 15 is 0 Å². The number of piperidine rings is 3. The molecule has 4 rings (SSSR count). The van der Waals surface area contributed by atoms with E-state index in [0.29, 0.717) is 18.0 Å².